The van der Waals surface area contributed by atoms with Crippen LogP contribution in [0.25, 0.3) is 0 Å². The lowest BCUT2D eigenvalue weighted by Crippen LogP contribution is -2.21. The first-order chi connectivity index (χ1) is 7.63. The van der Waals surface area contributed by atoms with Gasteiger partial charge in [0.25, 0.3) is 0 Å². The predicted octanol–water partition coefficient (Wildman–Crippen LogP) is 2.22. The van der Waals surface area contributed by atoms with E-state index in [9.17, 15) is 4.79 Å². The van der Waals surface area contributed by atoms with Gasteiger partial charge in [0, 0.05) is 18.3 Å². The predicted molar refractivity (Wildman–Crippen MR) is 63.0 cm³/mol. The van der Waals surface area contributed by atoms with Gasteiger partial charge in [-0.2, -0.15) is 0 Å². The number of hydrogen-bond donors (Lipinski definition) is 2. The molecule has 0 aliphatic heterocycles. The summed E-state index contributed by atoms with van der Waals surface area (Å²) < 4.78 is 5.27. The van der Waals surface area contributed by atoms with Crippen molar-refractivity contribution >= 4 is 11.7 Å². The van der Waals surface area contributed by atoms with Gasteiger partial charge in [0.05, 0.1) is 12.2 Å². The monoisotopic (exact) mass is 223 g/mol. The second kappa shape index (κ2) is 6.12. The van der Waals surface area contributed by atoms with Crippen molar-refractivity contribution in [1.82, 2.24) is 0 Å². The highest BCUT2D eigenvalue weighted by Crippen LogP contribution is 2.10. The van der Waals surface area contributed by atoms with E-state index in [-0.39, 0.29) is 6.04 Å². The number of carboxylic acid groups (broad SMARTS) is 1. The summed E-state index contributed by atoms with van der Waals surface area (Å²) in [6.07, 6.45) is 0. The maximum absolute atomic E-state index is 10.6. The first-order valence-electron chi connectivity index (χ1n) is 5.31. The van der Waals surface area contributed by atoms with Crippen LogP contribution in [0.1, 0.15) is 24.2 Å². The molecule has 1 aromatic carbocycles. The molecular formula is C12H17NO3. The fraction of sp³-hybridized carbons (Fsp3) is 0.417. The normalized spacial score (nSPS) is 12.1. The molecule has 0 fully saturated rings. The zero-order valence-corrected chi connectivity index (χ0v) is 9.56. The SMILES string of the molecule is CCOCC(C)Nc1ccc(C(=O)O)cc1. The Hall–Kier alpha value is -1.55. The molecule has 0 saturated heterocycles. The Morgan fingerprint density at radius 3 is 2.56 bits per heavy atom. The van der Waals surface area contributed by atoms with Gasteiger partial charge in [0.1, 0.15) is 0 Å². The summed E-state index contributed by atoms with van der Waals surface area (Å²) in [5, 5.41) is 12.0. The fourth-order valence-corrected chi connectivity index (χ4v) is 1.33. The van der Waals surface area contributed by atoms with E-state index in [1.165, 1.54) is 0 Å². The molecule has 0 aliphatic carbocycles. The van der Waals surface area contributed by atoms with Gasteiger partial charge in [-0.15, -0.1) is 0 Å². The Kier molecular flexibility index (Phi) is 4.79. The van der Waals surface area contributed by atoms with Crippen LogP contribution in [0.15, 0.2) is 24.3 Å². The quantitative estimate of drug-likeness (QED) is 0.776. The third-order valence-electron chi connectivity index (χ3n) is 2.12. The van der Waals surface area contributed by atoms with E-state index < -0.39 is 5.97 Å². The minimum absolute atomic E-state index is 0.204. The highest BCUT2D eigenvalue weighted by Gasteiger charge is 2.04. The van der Waals surface area contributed by atoms with Gasteiger partial charge in [0.15, 0.2) is 0 Å². The molecule has 0 saturated carbocycles. The lowest BCUT2D eigenvalue weighted by atomic mass is 10.2. The van der Waals surface area contributed by atoms with Crippen LogP contribution in [-0.4, -0.2) is 30.3 Å². The van der Waals surface area contributed by atoms with E-state index in [1.54, 1.807) is 24.3 Å². The lowest BCUT2D eigenvalue weighted by Gasteiger charge is -2.14. The standard InChI is InChI=1S/C12H17NO3/c1-3-16-8-9(2)13-11-6-4-10(5-7-11)12(14)15/h4-7,9,13H,3,8H2,1-2H3,(H,14,15). The van der Waals surface area contributed by atoms with Gasteiger partial charge in [-0.25, -0.2) is 4.79 Å². The first kappa shape index (κ1) is 12.5. The molecule has 16 heavy (non-hydrogen) atoms. The molecule has 0 spiro atoms. The summed E-state index contributed by atoms with van der Waals surface area (Å²) in [6, 6.07) is 6.88. The van der Waals surface area contributed by atoms with Gasteiger partial charge in [-0.3, -0.25) is 0 Å². The summed E-state index contributed by atoms with van der Waals surface area (Å²) in [5.41, 5.74) is 1.19. The van der Waals surface area contributed by atoms with E-state index in [1.807, 2.05) is 13.8 Å². The number of ether oxygens (including phenoxy) is 1. The largest absolute Gasteiger partial charge is 0.478 e. The summed E-state index contributed by atoms with van der Waals surface area (Å²) >= 11 is 0. The smallest absolute Gasteiger partial charge is 0.335 e. The highest BCUT2D eigenvalue weighted by atomic mass is 16.5. The number of benzene rings is 1. The number of aromatic carboxylic acids is 1. The maximum atomic E-state index is 10.6. The molecule has 2 N–H and O–H groups in total. The third-order valence-corrected chi connectivity index (χ3v) is 2.12. The molecule has 1 rings (SSSR count). The van der Waals surface area contributed by atoms with Crippen molar-refractivity contribution in [1.29, 1.82) is 0 Å². The average molecular weight is 223 g/mol. The van der Waals surface area contributed by atoms with Crippen LogP contribution in [0, 0.1) is 0 Å². The van der Waals surface area contributed by atoms with Crippen molar-refractivity contribution in [2.24, 2.45) is 0 Å². The van der Waals surface area contributed by atoms with Gasteiger partial charge in [-0.1, -0.05) is 0 Å². The molecular weight excluding hydrogens is 206 g/mol. The van der Waals surface area contributed by atoms with Crippen LogP contribution < -0.4 is 5.32 Å². The van der Waals surface area contributed by atoms with E-state index in [0.29, 0.717) is 18.8 Å². The van der Waals surface area contributed by atoms with Crippen molar-refractivity contribution in [3.8, 4) is 0 Å². The summed E-state index contributed by atoms with van der Waals surface area (Å²) in [7, 11) is 0. The molecule has 4 nitrogen and oxygen atoms in total. The summed E-state index contributed by atoms with van der Waals surface area (Å²) in [6.45, 7) is 5.30. The summed E-state index contributed by atoms with van der Waals surface area (Å²) in [5.74, 6) is -0.908. The Morgan fingerprint density at radius 1 is 1.44 bits per heavy atom. The van der Waals surface area contributed by atoms with E-state index >= 15 is 0 Å². The summed E-state index contributed by atoms with van der Waals surface area (Å²) in [4.78, 5) is 10.6. The Morgan fingerprint density at radius 2 is 2.06 bits per heavy atom. The Bertz CT molecular complexity index is 335. The molecule has 1 atom stereocenters. The molecule has 0 amide bonds. The van der Waals surface area contributed by atoms with Crippen LogP contribution >= 0.6 is 0 Å². The molecule has 0 heterocycles. The lowest BCUT2D eigenvalue weighted by molar-refractivity contribution is 0.0697. The van der Waals surface area contributed by atoms with Crippen molar-refractivity contribution < 1.29 is 14.6 Å². The molecule has 0 radical (unpaired) electrons. The topological polar surface area (TPSA) is 58.6 Å². The van der Waals surface area contributed by atoms with Gasteiger partial charge in [-0.05, 0) is 38.1 Å². The fourth-order valence-electron chi connectivity index (χ4n) is 1.33. The van der Waals surface area contributed by atoms with Crippen LogP contribution in [0.5, 0.6) is 0 Å². The molecule has 88 valence electrons. The van der Waals surface area contributed by atoms with Gasteiger partial charge >= 0.3 is 5.97 Å². The molecule has 0 aromatic heterocycles. The number of rotatable bonds is 6. The molecule has 4 heteroatoms. The van der Waals surface area contributed by atoms with E-state index in [4.69, 9.17) is 9.84 Å². The van der Waals surface area contributed by atoms with Crippen molar-refractivity contribution in [2.75, 3.05) is 18.5 Å². The molecule has 0 aliphatic rings. The van der Waals surface area contributed by atoms with Crippen LogP contribution in [0.4, 0.5) is 5.69 Å². The Balaban J connectivity index is 2.51. The van der Waals surface area contributed by atoms with Crippen molar-refractivity contribution in [3.05, 3.63) is 29.8 Å². The maximum Gasteiger partial charge on any atom is 0.335 e. The molecule has 1 aromatic rings. The second-order valence-corrected chi connectivity index (χ2v) is 3.59. The number of anilines is 1. The first-order valence-corrected chi connectivity index (χ1v) is 5.31. The Labute approximate surface area is 95.2 Å². The van der Waals surface area contributed by atoms with Crippen LogP contribution in [0.2, 0.25) is 0 Å². The molecule has 0 bridgehead atoms. The van der Waals surface area contributed by atoms with E-state index in [0.717, 1.165) is 5.69 Å². The zero-order valence-electron chi connectivity index (χ0n) is 9.56. The number of carboxylic acids is 1. The number of nitrogens with one attached hydrogen (secondary N) is 1. The van der Waals surface area contributed by atoms with Crippen molar-refractivity contribution in [3.63, 3.8) is 0 Å². The third kappa shape index (κ3) is 3.90. The van der Waals surface area contributed by atoms with Crippen LogP contribution in [-0.2, 0) is 4.74 Å². The minimum atomic E-state index is -0.908. The second-order valence-electron chi connectivity index (χ2n) is 3.59. The number of hydrogen-bond acceptors (Lipinski definition) is 3. The zero-order chi connectivity index (χ0) is 12.0. The van der Waals surface area contributed by atoms with Gasteiger partial charge in [0.2, 0.25) is 0 Å². The van der Waals surface area contributed by atoms with Gasteiger partial charge < -0.3 is 15.2 Å². The van der Waals surface area contributed by atoms with E-state index in [2.05, 4.69) is 5.32 Å². The van der Waals surface area contributed by atoms with Crippen LogP contribution in [0.3, 0.4) is 0 Å². The molecule has 1 unspecified atom stereocenters. The van der Waals surface area contributed by atoms with Crippen molar-refractivity contribution in [2.45, 2.75) is 19.9 Å². The average Bonchev–Trinajstić information content (AvgIpc) is 2.27. The highest BCUT2D eigenvalue weighted by molar-refractivity contribution is 5.87. The number of carbonyl (C=O) groups is 1. The minimum Gasteiger partial charge on any atom is -0.478 e.